The minimum absolute atomic E-state index is 0.391. The highest BCUT2D eigenvalue weighted by Gasteiger charge is 2.20. The molecular weight excluding hydrogens is 387 g/mol. The maximum atomic E-state index is 12.7. The van der Waals surface area contributed by atoms with Gasteiger partial charge in [-0.3, -0.25) is 9.59 Å². The fourth-order valence-corrected chi connectivity index (χ4v) is 3.73. The predicted octanol–water partition coefficient (Wildman–Crippen LogP) is 6.35. The van der Waals surface area contributed by atoms with Crippen LogP contribution in [0.4, 0.5) is 0 Å². The van der Waals surface area contributed by atoms with Gasteiger partial charge < -0.3 is 0 Å². The van der Waals surface area contributed by atoms with Crippen LogP contribution in [0.15, 0.2) is 77.7 Å². The molecule has 0 aromatic heterocycles. The van der Waals surface area contributed by atoms with Gasteiger partial charge in [0, 0.05) is 21.8 Å². The number of benzene rings is 3. The molecule has 26 heavy (non-hydrogen) atoms. The molecule has 0 heterocycles. The third-order valence-corrected chi connectivity index (χ3v) is 5.64. The number of hydrogen-bond acceptors (Lipinski definition) is 3. The van der Waals surface area contributed by atoms with E-state index in [1.807, 2.05) is 24.3 Å². The third kappa shape index (κ3) is 4.36. The maximum Gasteiger partial charge on any atom is 0.234 e. The lowest BCUT2D eigenvalue weighted by Gasteiger charge is -2.09. The van der Waals surface area contributed by atoms with Gasteiger partial charge in [0.1, 0.15) is 0 Å². The van der Waals surface area contributed by atoms with Crippen molar-refractivity contribution < 1.29 is 9.59 Å². The summed E-state index contributed by atoms with van der Waals surface area (Å²) in [6.45, 7) is 0. The highest BCUT2D eigenvalue weighted by atomic mass is 35.5. The molecule has 0 atom stereocenters. The Bertz CT molecular complexity index is 955. The molecule has 0 amide bonds. The van der Waals surface area contributed by atoms with Crippen molar-refractivity contribution in [2.24, 2.45) is 0 Å². The number of thioether (sulfide) groups is 1. The molecule has 0 bridgehead atoms. The number of hydrogen-bond donors (Lipinski definition) is 0. The van der Waals surface area contributed by atoms with Crippen LogP contribution in [0.3, 0.4) is 0 Å². The minimum Gasteiger partial charge on any atom is -0.285 e. The van der Waals surface area contributed by atoms with Crippen molar-refractivity contribution in [2.45, 2.75) is 10.6 Å². The van der Waals surface area contributed by atoms with E-state index in [1.165, 1.54) is 11.8 Å². The van der Waals surface area contributed by atoms with E-state index in [4.69, 9.17) is 23.2 Å². The summed E-state index contributed by atoms with van der Waals surface area (Å²) < 4.78 is 0. The van der Waals surface area contributed by atoms with E-state index in [0.717, 1.165) is 10.5 Å². The van der Waals surface area contributed by atoms with Gasteiger partial charge in [0.05, 0.1) is 10.0 Å². The molecule has 2 nitrogen and oxygen atoms in total. The molecule has 0 radical (unpaired) electrons. The van der Waals surface area contributed by atoms with Crippen molar-refractivity contribution in [2.75, 3.05) is 0 Å². The molecule has 0 saturated carbocycles. The van der Waals surface area contributed by atoms with Gasteiger partial charge in [0.2, 0.25) is 11.6 Å². The molecule has 0 aliphatic carbocycles. The molecule has 0 saturated heterocycles. The topological polar surface area (TPSA) is 34.1 Å². The highest BCUT2D eigenvalue weighted by molar-refractivity contribution is 7.98. The second-order valence-corrected chi connectivity index (χ2v) is 7.39. The van der Waals surface area contributed by atoms with Crippen LogP contribution in [-0.2, 0) is 5.75 Å². The van der Waals surface area contributed by atoms with E-state index >= 15 is 0 Å². The van der Waals surface area contributed by atoms with E-state index < -0.39 is 11.6 Å². The Morgan fingerprint density at radius 1 is 0.769 bits per heavy atom. The van der Waals surface area contributed by atoms with E-state index in [2.05, 4.69) is 0 Å². The van der Waals surface area contributed by atoms with E-state index in [0.29, 0.717) is 26.9 Å². The first-order valence-corrected chi connectivity index (χ1v) is 9.60. The summed E-state index contributed by atoms with van der Waals surface area (Å²) in [6, 6.07) is 21.1. The smallest absolute Gasteiger partial charge is 0.234 e. The first kappa shape index (κ1) is 18.7. The normalized spacial score (nSPS) is 10.5. The van der Waals surface area contributed by atoms with Gasteiger partial charge in [-0.1, -0.05) is 71.7 Å². The summed E-state index contributed by atoms with van der Waals surface area (Å²) in [6.07, 6.45) is 0. The third-order valence-electron chi connectivity index (χ3n) is 3.75. The minimum atomic E-state index is -0.506. The molecule has 0 unspecified atom stereocenters. The molecule has 0 aliphatic rings. The lowest BCUT2D eigenvalue weighted by molar-refractivity contribution is 0.0815. The van der Waals surface area contributed by atoms with Crippen LogP contribution in [0.5, 0.6) is 0 Å². The Kier molecular flexibility index (Phi) is 6.15. The SMILES string of the molecule is O=C(C(=O)c1ccccc1SCc1ccc(Cl)c(Cl)c1)c1ccccc1. The fourth-order valence-electron chi connectivity index (χ4n) is 2.41. The Balaban J connectivity index is 1.80. The van der Waals surface area contributed by atoms with Gasteiger partial charge in [-0.05, 0) is 29.8 Å². The summed E-state index contributed by atoms with van der Waals surface area (Å²) in [7, 11) is 0. The van der Waals surface area contributed by atoms with Crippen LogP contribution >= 0.6 is 35.0 Å². The van der Waals surface area contributed by atoms with Gasteiger partial charge in [-0.25, -0.2) is 0 Å². The van der Waals surface area contributed by atoms with Crippen molar-refractivity contribution in [3.8, 4) is 0 Å². The van der Waals surface area contributed by atoms with E-state index in [1.54, 1.807) is 48.5 Å². The van der Waals surface area contributed by atoms with E-state index in [-0.39, 0.29) is 0 Å². The predicted molar refractivity (Wildman–Crippen MR) is 108 cm³/mol. The Labute approximate surface area is 166 Å². The molecule has 0 fully saturated rings. The summed E-state index contributed by atoms with van der Waals surface area (Å²) in [5.74, 6) is -0.401. The molecule has 5 heteroatoms. The molecule has 3 aromatic carbocycles. The van der Waals surface area contributed by atoms with Crippen LogP contribution < -0.4 is 0 Å². The lowest BCUT2D eigenvalue weighted by atomic mass is 10.0. The summed E-state index contributed by atoms with van der Waals surface area (Å²) >= 11 is 13.5. The van der Waals surface area contributed by atoms with Crippen LogP contribution in [0.25, 0.3) is 0 Å². The number of ketones is 2. The number of halogens is 2. The standard InChI is InChI=1S/C21H14Cl2O2S/c22-17-11-10-14(12-18(17)23)13-26-19-9-5-4-8-16(19)21(25)20(24)15-6-2-1-3-7-15/h1-12H,13H2. The van der Waals surface area contributed by atoms with Crippen molar-refractivity contribution in [1.29, 1.82) is 0 Å². The number of rotatable bonds is 6. The zero-order valence-corrected chi connectivity index (χ0v) is 15.9. The zero-order valence-electron chi connectivity index (χ0n) is 13.6. The average molecular weight is 401 g/mol. The average Bonchev–Trinajstić information content (AvgIpc) is 2.68. The monoisotopic (exact) mass is 400 g/mol. The number of carbonyl (C=O) groups excluding carboxylic acids is 2. The largest absolute Gasteiger partial charge is 0.285 e. The van der Waals surface area contributed by atoms with Crippen LogP contribution in [-0.4, -0.2) is 11.6 Å². The van der Waals surface area contributed by atoms with Gasteiger partial charge in [-0.2, -0.15) is 0 Å². The van der Waals surface area contributed by atoms with Crippen molar-refractivity contribution >= 4 is 46.5 Å². The molecule has 0 spiro atoms. The van der Waals surface area contributed by atoms with Crippen molar-refractivity contribution in [3.05, 3.63) is 99.5 Å². The Morgan fingerprint density at radius 2 is 1.46 bits per heavy atom. The van der Waals surface area contributed by atoms with Gasteiger partial charge in [0.15, 0.2) is 0 Å². The summed E-state index contributed by atoms with van der Waals surface area (Å²) in [4.78, 5) is 25.9. The first-order chi connectivity index (χ1) is 12.6. The quantitative estimate of drug-likeness (QED) is 0.274. The first-order valence-electron chi connectivity index (χ1n) is 7.86. The lowest BCUT2D eigenvalue weighted by Crippen LogP contribution is -2.15. The van der Waals surface area contributed by atoms with Gasteiger partial charge >= 0.3 is 0 Å². The van der Waals surface area contributed by atoms with Gasteiger partial charge in [-0.15, -0.1) is 11.8 Å². The molecule has 3 rings (SSSR count). The number of carbonyl (C=O) groups is 2. The highest BCUT2D eigenvalue weighted by Crippen LogP contribution is 2.30. The van der Waals surface area contributed by atoms with Crippen molar-refractivity contribution in [3.63, 3.8) is 0 Å². The zero-order chi connectivity index (χ0) is 18.5. The van der Waals surface area contributed by atoms with E-state index in [9.17, 15) is 9.59 Å². The Morgan fingerprint density at radius 3 is 2.19 bits per heavy atom. The summed E-state index contributed by atoms with van der Waals surface area (Å²) in [5.41, 5.74) is 1.79. The fraction of sp³-hybridized carbons (Fsp3) is 0.0476. The second-order valence-electron chi connectivity index (χ2n) is 5.56. The molecule has 0 N–H and O–H groups in total. The van der Waals surface area contributed by atoms with Crippen LogP contribution in [0.1, 0.15) is 26.3 Å². The molecular formula is C21H14Cl2O2S. The summed E-state index contributed by atoms with van der Waals surface area (Å²) in [5, 5.41) is 0.998. The van der Waals surface area contributed by atoms with Gasteiger partial charge in [0.25, 0.3) is 0 Å². The number of Topliss-reactive ketones (excluding diaryl/α,β-unsaturated/α-hetero) is 2. The van der Waals surface area contributed by atoms with Crippen LogP contribution in [0, 0.1) is 0 Å². The Hall–Kier alpha value is -2.07. The molecule has 130 valence electrons. The second kappa shape index (κ2) is 8.54. The maximum absolute atomic E-state index is 12.7. The van der Waals surface area contributed by atoms with Crippen LogP contribution in [0.2, 0.25) is 10.0 Å². The van der Waals surface area contributed by atoms with Crippen molar-refractivity contribution in [1.82, 2.24) is 0 Å². The molecule has 0 aliphatic heterocycles. The molecule has 3 aromatic rings.